The molecule has 3 aromatic rings. The number of hydrogen-bond donors (Lipinski definition) is 1. The lowest BCUT2D eigenvalue weighted by Gasteiger charge is -2.19. The second-order valence-corrected chi connectivity index (χ2v) is 7.50. The van der Waals surface area contributed by atoms with Gasteiger partial charge in [-0.1, -0.05) is 6.07 Å². The van der Waals surface area contributed by atoms with Gasteiger partial charge in [0.15, 0.2) is 5.82 Å². The van der Waals surface area contributed by atoms with E-state index >= 15 is 0 Å². The Bertz CT molecular complexity index is 1180. The summed E-state index contributed by atoms with van der Waals surface area (Å²) >= 11 is 0. The number of pyridine rings is 1. The minimum atomic E-state index is -0.263. The average Bonchev–Trinajstić information content (AvgIpc) is 3.39. The molecule has 0 saturated carbocycles. The number of aryl methyl sites for hydroxylation is 1. The van der Waals surface area contributed by atoms with Crippen LogP contribution in [0.15, 0.2) is 36.8 Å². The number of cyclic esters (lactones) is 1. The second kappa shape index (κ2) is 8.68. The van der Waals surface area contributed by atoms with Crippen LogP contribution < -0.4 is 5.32 Å². The molecular weight excluding hydrogens is 394 g/mol. The zero-order valence-electron chi connectivity index (χ0n) is 17.7. The van der Waals surface area contributed by atoms with Crippen LogP contribution in [0.25, 0.3) is 5.82 Å². The van der Waals surface area contributed by atoms with Crippen molar-refractivity contribution in [2.24, 2.45) is 0 Å². The molecule has 31 heavy (non-hydrogen) atoms. The zero-order chi connectivity index (χ0) is 22.0. The summed E-state index contributed by atoms with van der Waals surface area (Å²) in [6.45, 7) is 5.41. The van der Waals surface area contributed by atoms with E-state index in [-0.39, 0.29) is 12.1 Å². The summed E-state index contributed by atoms with van der Waals surface area (Å²) in [5.74, 6) is 0.406. The van der Waals surface area contributed by atoms with Crippen molar-refractivity contribution in [2.45, 2.75) is 33.1 Å². The second-order valence-electron chi connectivity index (χ2n) is 7.50. The van der Waals surface area contributed by atoms with E-state index in [1.807, 2.05) is 38.2 Å². The molecule has 1 aliphatic rings. The van der Waals surface area contributed by atoms with Crippen LogP contribution in [0.3, 0.4) is 0 Å². The lowest BCUT2D eigenvalue weighted by Crippen LogP contribution is -2.23. The molecule has 0 spiro atoms. The quantitative estimate of drug-likeness (QED) is 0.590. The highest BCUT2D eigenvalue weighted by Gasteiger charge is 2.26. The SMILES string of the molecule is CO[C@@H](CNCc1cnn(-c2cc(C)c(C#N)cn2)c1)c1ccc2c(c1C)COC2=O. The van der Waals surface area contributed by atoms with Gasteiger partial charge < -0.3 is 14.8 Å². The van der Waals surface area contributed by atoms with Crippen molar-refractivity contribution in [3.05, 3.63) is 75.7 Å². The standard InChI is InChI=1S/C23H23N5O3/c1-14-6-22(26-10-17(14)7-24)28-12-16(9-27-28)8-25-11-21(30-3)18-4-5-19-20(15(18)2)13-31-23(19)29/h4-6,9-10,12,21,25H,8,11,13H2,1-3H3/t21-/m0/s1. The van der Waals surface area contributed by atoms with Crippen molar-refractivity contribution in [3.8, 4) is 11.9 Å². The first-order valence-electron chi connectivity index (χ1n) is 9.95. The predicted molar refractivity (Wildman–Crippen MR) is 113 cm³/mol. The van der Waals surface area contributed by atoms with Gasteiger partial charge in [-0.25, -0.2) is 14.5 Å². The van der Waals surface area contributed by atoms with E-state index < -0.39 is 0 Å². The number of aromatic nitrogens is 3. The molecule has 8 nitrogen and oxygen atoms in total. The van der Waals surface area contributed by atoms with Crippen molar-refractivity contribution < 1.29 is 14.3 Å². The molecule has 2 aromatic heterocycles. The molecule has 0 aliphatic carbocycles. The third-order valence-electron chi connectivity index (χ3n) is 5.59. The maximum Gasteiger partial charge on any atom is 0.338 e. The molecule has 1 aliphatic heterocycles. The first-order valence-corrected chi connectivity index (χ1v) is 9.95. The van der Waals surface area contributed by atoms with E-state index in [2.05, 4.69) is 21.5 Å². The van der Waals surface area contributed by atoms with Gasteiger partial charge in [-0.3, -0.25) is 0 Å². The van der Waals surface area contributed by atoms with Gasteiger partial charge in [-0.05, 0) is 42.7 Å². The number of hydrogen-bond acceptors (Lipinski definition) is 7. The Morgan fingerprint density at radius 1 is 1.35 bits per heavy atom. The lowest BCUT2D eigenvalue weighted by molar-refractivity contribution is 0.0535. The molecule has 8 heteroatoms. The number of nitriles is 1. The molecule has 1 N–H and O–H groups in total. The highest BCUT2D eigenvalue weighted by Crippen LogP contribution is 2.30. The monoisotopic (exact) mass is 417 g/mol. The van der Waals surface area contributed by atoms with Crippen molar-refractivity contribution in [3.63, 3.8) is 0 Å². The molecule has 0 radical (unpaired) electrons. The summed E-state index contributed by atoms with van der Waals surface area (Å²) in [6.07, 6.45) is 5.10. The van der Waals surface area contributed by atoms with Crippen LogP contribution in [-0.4, -0.2) is 34.4 Å². The van der Waals surface area contributed by atoms with Gasteiger partial charge in [0.2, 0.25) is 0 Å². The van der Waals surface area contributed by atoms with Gasteiger partial charge >= 0.3 is 5.97 Å². The highest BCUT2D eigenvalue weighted by molar-refractivity contribution is 5.93. The van der Waals surface area contributed by atoms with E-state index in [1.165, 1.54) is 0 Å². The average molecular weight is 417 g/mol. The molecule has 0 fully saturated rings. The van der Waals surface area contributed by atoms with Gasteiger partial charge in [0, 0.05) is 43.7 Å². The molecule has 0 bridgehead atoms. The van der Waals surface area contributed by atoms with Crippen LogP contribution in [-0.2, 0) is 22.6 Å². The topological polar surface area (TPSA) is 102 Å². The van der Waals surface area contributed by atoms with Crippen molar-refractivity contribution in [2.75, 3.05) is 13.7 Å². The van der Waals surface area contributed by atoms with E-state index in [0.717, 1.165) is 27.8 Å². The van der Waals surface area contributed by atoms with Gasteiger partial charge in [0.05, 0.1) is 23.4 Å². The van der Waals surface area contributed by atoms with E-state index in [1.54, 1.807) is 24.2 Å². The van der Waals surface area contributed by atoms with Crippen LogP contribution in [0, 0.1) is 25.2 Å². The van der Waals surface area contributed by atoms with Crippen molar-refractivity contribution in [1.29, 1.82) is 5.26 Å². The molecule has 0 unspecified atom stereocenters. The fraction of sp³-hybridized carbons (Fsp3) is 0.304. The van der Waals surface area contributed by atoms with Crippen molar-refractivity contribution in [1.82, 2.24) is 20.1 Å². The van der Waals surface area contributed by atoms with E-state index in [4.69, 9.17) is 14.7 Å². The number of ether oxygens (including phenoxy) is 2. The Kier molecular flexibility index (Phi) is 5.80. The smallest absolute Gasteiger partial charge is 0.338 e. The van der Waals surface area contributed by atoms with Crippen LogP contribution in [0.1, 0.15) is 49.8 Å². The Hall–Kier alpha value is -3.54. The van der Waals surface area contributed by atoms with Gasteiger partial charge in [-0.2, -0.15) is 10.4 Å². The summed E-state index contributed by atoms with van der Waals surface area (Å²) < 4.78 is 12.5. The van der Waals surface area contributed by atoms with Crippen LogP contribution in [0.4, 0.5) is 0 Å². The van der Waals surface area contributed by atoms with Gasteiger partial charge in [0.1, 0.15) is 12.7 Å². The first-order chi connectivity index (χ1) is 15.0. The Morgan fingerprint density at radius 3 is 2.94 bits per heavy atom. The summed E-state index contributed by atoms with van der Waals surface area (Å²) in [5.41, 5.74) is 6.08. The number of methoxy groups -OCH3 is 1. The number of nitrogens with one attached hydrogen (secondary N) is 1. The van der Waals surface area contributed by atoms with E-state index in [0.29, 0.717) is 36.6 Å². The predicted octanol–water partition coefficient (Wildman–Crippen LogP) is 2.90. The lowest BCUT2D eigenvalue weighted by atomic mass is 9.95. The Balaban J connectivity index is 1.41. The number of nitrogens with zero attached hydrogens (tertiary/aromatic N) is 4. The largest absolute Gasteiger partial charge is 0.457 e. The summed E-state index contributed by atoms with van der Waals surface area (Å²) in [5, 5.41) is 16.8. The van der Waals surface area contributed by atoms with Crippen LogP contribution in [0.5, 0.6) is 0 Å². The van der Waals surface area contributed by atoms with E-state index in [9.17, 15) is 4.79 Å². The number of rotatable bonds is 7. The fourth-order valence-corrected chi connectivity index (χ4v) is 3.74. The molecule has 1 atom stereocenters. The summed E-state index contributed by atoms with van der Waals surface area (Å²) in [4.78, 5) is 16.1. The normalized spacial score (nSPS) is 13.5. The number of esters is 1. The molecule has 0 saturated heterocycles. The summed E-state index contributed by atoms with van der Waals surface area (Å²) in [7, 11) is 1.68. The van der Waals surface area contributed by atoms with Crippen LogP contribution in [0.2, 0.25) is 0 Å². The maximum absolute atomic E-state index is 11.8. The molecule has 1 aromatic carbocycles. The molecule has 158 valence electrons. The minimum Gasteiger partial charge on any atom is -0.457 e. The first kappa shape index (κ1) is 20.7. The maximum atomic E-state index is 11.8. The third-order valence-corrected chi connectivity index (χ3v) is 5.59. The fourth-order valence-electron chi connectivity index (χ4n) is 3.74. The zero-order valence-corrected chi connectivity index (χ0v) is 17.7. The Labute approximate surface area is 180 Å². The number of carbonyl (C=O) groups is 1. The molecule has 3 heterocycles. The number of carbonyl (C=O) groups excluding carboxylic acids is 1. The number of benzene rings is 1. The van der Waals surface area contributed by atoms with Gasteiger partial charge in [-0.15, -0.1) is 0 Å². The number of fused-ring (bicyclic) bond motifs is 1. The molecule has 0 amide bonds. The summed E-state index contributed by atoms with van der Waals surface area (Å²) in [6, 6.07) is 7.71. The van der Waals surface area contributed by atoms with Gasteiger partial charge in [0.25, 0.3) is 0 Å². The van der Waals surface area contributed by atoms with Crippen molar-refractivity contribution >= 4 is 5.97 Å². The molecule has 4 rings (SSSR count). The highest BCUT2D eigenvalue weighted by atomic mass is 16.5. The van der Waals surface area contributed by atoms with Crippen LogP contribution >= 0.6 is 0 Å². The Morgan fingerprint density at radius 2 is 2.19 bits per heavy atom. The third kappa shape index (κ3) is 4.06. The minimum absolute atomic E-state index is 0.154. The molecular formula is C23H23N5O3.